The van der Waals surface area contributed by atoms with Crippen LogP contribution in [-0.4, -0.2) is 27.3 Å². The number of methoxy groups -OCH3 is 1. The molecule has 0 amide bonds. The van der Waals surface area contributed by atoms with Crippen molar-refractivity contribution < 1.29 is 4.74 Å². The fourth-order valence-electron chi connectivity index (χ4n) is 3.13. The van der Waals surface area contributed by atoms with Gasteiger partial charge in [0.05, 0.1) is 18.3 Å². The van der Waals surface area contributed by atoms with E-state index in [1.165, 1.54) is 5.56 Å². The van der Waals surface area contributed by atoms with Gasteiger partial charge in [-0.2, -0.15) is 4.68 Å². The molecule has 1 aromatic heterocycles. The number of aromatic nitrogens is 4. The Kier molecular flexibility index (Phi) is 4.93. The van der Waals surface area contributed by atoms with Gasteiger partial charge in [-0.1, -0.05) is 25.1 Å². The van der Waals surface area contributed by atoms with Crippen molar-refractivity contribution in [3.05, 3.63) is 59.4 Å². The molecule has 0 bridgehead atoms. The molecule has 2 aromatic carbocycles. The lowest BCUT2D eigenvalue weighted by Gasteiger charge is -2.27. The molecule has 0 radical (unpaired) electrons. The minimum Gasteiger partial charge on any atom is -0.497 e. The lowest BCUT2D eigenvalue weighted by atomic mass is 10.0. The molecule has 6 heteroatoms. The van der Waals surface area contributed by atoms with Gasteiger partial charge >= 0.3 is 0 Å². The van der Waals surface area contributed by atoms with Crippen molar-refractivity contribution in [1.29, 1.82) is 0 Å². The first-order valence-electron chi connectivity index (χ1n) is 8.76. The third-order valence-corrected chi connectivity index (χ3v) is 4.49. The first kappa shape index (κ1) is 17.9. The zero-order valence-corrected chi connectivity index (χ0v) is 15.9. The van der Waals surface area contributed by atoms with Gasteiger partial charge in [-0.05, 0) is 73.0 Å². The maximum absolute atomic E-state index is 5.22. The Morgan fingerprint density at radius 1 is 1.12 bits per heavy atom. The van der Waals surface area contributed by atoms with Gasteiger partial charge in [0, 0.05) is 5.69 Å². The Labute approximate surface area is 154 Å². The van der Waals surface area contributed by atoms with E-state index >= 15 is 0 Å². The first-order chi connectivity index (χ1) is 12.5. The maximum atomic E-state index is 5.22. The number of aryl methyl sites for hydroxylation is 2. The fourth-order valence-corrected chi connectivity index (χ4v) is 3.13. The summed E-state index contributed by atoms with van der Waals surface area (Å²) in [6.45, 7) is 8.37. The molecule has 1 N–H and O–H groups in total. The van der Waals surface area contributed by atoms with E-state index in [2.05, 4.69) is 66.7 Å². The van der Waals surface area contributed by atoms with Crippen LogP contribution < -0.4 is 10.1 Å². The lowest BCUT2D eigenvalue weighted by Crippen LogP contribution is -2.32. The summed E-state index contributed by atoms with van der Waals surface area (Å²) in [5, 5.41) is 16.1. The second kappa shape index (κ2) is 7.15. The molecule has 0 saturated heterocycles. The summed E-state index contributed by atoms with van der Waals surface area (Å²) in [4.78, 5) is 0. The van der Waals surface area contributed by atoms with Crippen molar-refractivity contribution in [2.24, 2.45) is 0 Å². The number of rotatable bonds is 6. The average molecular weight is 351 g/mol. The molecule has 0 spiro atoms. The Morgan fingerprint density at radius 2 is 1.85 bits per heavy atom. The number of hydrogen-bond donors (Lipinski definition) is 1. The molecule has 3 aromatic rings. The van der Waals surface area contributed by atoms with Gasteiger partial charge in [0.1, 0.15) is 5.75 Å². The van der Waals surface area contributed by atoms with Crippen LogP contribution in [0.1, 0.15) is 37.7 Å². The molecule has 1 heterocycles. The number of nitrogens with one attached hydrogen (secondary N) is 1. The van der Waals surface area contributed by atoms with Crippen LogP contribution in [0.4, 0.5) is 5.69 Å². The molecule has 0 aliphatic rings. The fraction of sp³-hybridized carbons (Fsp3) is 0.350. The number of ether oxygens (including phenoxy) is 1. The van der Waals surface area contributed by atoms with E-state index < -0.39 is 5.54 Å². The average Bonchev–Trinajstić information content (AvgIpc) is 3.12. The topological polar surface area (TPSA) is 64.9 Å². The zero-order valence-electron chi connectivity index (χ0n) is 15.9. The molecule has 3 rings (SSSR count). The highest BCUT2D eigenvalue weighted by molar-refractivity contribution is 5.51. The van der Waals surface area contributed by atoms with E-state index in [9.17, 15) is 0 Å². The minimum absolute atomic E-state index is 0.467. The summed E-state index contributed by atoms with van der Waals surface area (Å²) in [5.41, 5.74) is 3.94. The van der Waals surface area contributed by atoms with Crippen molar-refractivity contribution in [1.82, 2.24) is 20.2 Å². The molecule has 136 valence electrons. The zero-order chi connectivity index (χ0) is 18.7. The van der Waals surface area contributed by atoms with E-state index in [0.29, 0.717) is 0 Å². The van der Waals surface area contributed by atoms with E-state index in [1.54, 1.807) is 7.11 Å². The number of benzene rings is 2. The highest BCUT2D eigenvalue weighted by atomic mass is 16.5. The summed E-state index contributed by atoms with van der Waals surface area (Å²) in [6.07, 6.45) is 0.919. The van der Waals surface area contributed by atoms with Gasteiger partial charge in [-0.15, -0.1) is 5.10 Å². The van der Waals surface area contributed by atoms with Crippen molar-refractivity contribution in [3.8, 4) is 11.4 Å². The molecule has 0 fully saturated rings. The quantitative estimate of drug-likeness (QED) is 0.730. The lowest BCUT2D eigenvalue weighted by molar-refractivity contribution is 0.415. The summed E-state index contributed by atoms with van der Waals surface area (Å²) in [7, 11) is 1.66. The highest BCUT2D eigenvalue weighted by Gasteiger charge is 2.29. The van der Waals surface area contributed by atoms with Crippen molar-refractivity contribution >= 4 is 5.69 Å². The minimum atomic E-state index is -0.467. The van der Waals surface area contributed by atoms with Crippen LogP contribution in [0.3, 0.4) is 0 Å². The summed E-state index contributed by atoms with van der Waals surface area (Å²) in [5.74, 6) is 1.59. The predicted octanol–water partition coefficient (Wildman–Crippen LogP) is 3.89. The molecule has 0 atom stereocenters. The number of para-hydroxylation sites is 1. The van der Waals surface area contributed by atoms with Crippen molar-refractivity contribution in [2.75, 3.05) is 12.4 Å². The summed E-state index contributed by atoms with van der Waals surface area (Å²) >= 11 is 0. The second-order valence-corrected chi connectivity index (χ2v) is 6.83. The molecule has 26 heavy (non-hydrogen) atoms. The molecule has 0 aliphatic heterocycles. The Balaban J connectivity index is 1.99. The van der Waals surface area contributed by atoms with E-state index in [0.717, 1.165) is 34.9 Å². The largest absolute Gasteiger partial charge is 0.497 e. The second-order valence-electron chi connectivity index (χ2n) is 6.83. The summed E-state index contributed by atoms with van der Waals surface area (Å²) < 4.78 is 7.07. The SMILES string of the molecule is CCc1cccc(C)c1-n1nnnc1C(C)(C)Nc1ccc(OC)cc1. The molecular formula is C20H25N5O. The van der Waals surface area contributed by atoms with Gasteiger partial charge in [-0.25, -0.2) is 0 Å². The Hall–Kier alpha value is -2.89. The Morgan fingerprint density at radius 3 is 2.50 bits per heavy atom. The van der Waals surface area contributed by atoms with Gasteiger partial charge in [0.15, 0.2) is 5.82 Å². The monoisotopic (exact) mass is 351 g/mol. The predicted molar refractivity (Wildman–Crippen MR) is 103 cm³/mol. The molecular weight excluding hydrogens is 326 g/mol. The van der Waals surface area contributed by atoms with Crippen LogP contribution in [0.15, 0.2) is 42.5 Å². The highest BCUT2D eigenvalue weighted by Crippen LogP contribution is 2.28. The number of hydrogen-bond acceptors (Lipinski definition) is 5. The first-order valence-corrected chi connectivity index (χ1v) is 8.76. The number of anilines is 1. The third-order valence-electron chi connectivity index (χ3n) is 4.49. The molecule has 0 saturated carbocycles. The van der Waals surface area contributed by atoms with Gasteiger partial charge in [0.2, 0.25) is 0 Å². The van der Waals surface area contributed by atoms with Gasteiger partial charge in [-0.3, -0.25) is 0 Å². The molecule has 6 nitrogen and oxygen atoms in total. The smallest absolute Gasteiger partial charge is 0.181 e. The van der Waals surface area contributed by atoms with Crippen LogP contribution in [0.2, 0.25) is 0 Å². The maximum Gasteiger partial charge on any atom is 0.181 e. The van der Waals surface area contributed by atoms with E-state index in [1.807, 2.05) is 28.9 Å². The van der Waals surface area contributed by atoms with E-state index in [4.69, 9.17) is 4.74 Å². The van der Waals surface area contributed by atoms with Crippen LogP contribution >= 0.6 is 0 Å². The molecule has 0 unspecified atom stereocenters. The van der Waals surface area contributed by atoms with E-state index in [-0.39, 0.29) is 0 Å². The standard InChI is InChI=1S/C20H25N5O/c1-6-15-9-7-8-14(2)18(15)25-19(22-23-24-25)20(3,4)21-16-10-12-17(26-5)13-11-16/h7-13,21H,6H2,1-5H3. The number of nitrogens with zero attached hydrogens (tertiary/aromatic N) is 4. The van der Waals surface area contributed by atoms with Crippen LogP contribution in [0, 0.1) is 6.92 Å². The third kappa shape index (κ3) is 3.40. The summed E-state index contributed by atoms with van der Waals surface area (Å²) in [6, 6.07) is 14.1. The van der Waals surface area contributed by atoms with Crippen LogP contribution in [0.25, 0.3) is 5.69 Å². The van der Waals surface area contributed by atoms with Gasteiger partial charge in [0.25, 0.3) is 0 Å². The number of tetrazole rings is 1. The molecule has 0 aliphatic carbocycles. The Bertz CT molecular complexity index is 883. The van der Waals surface area contributed by atoms with Crippen LogP contribution in [-0.2, 0) is 12.0 Å². The van der Waals surface area contributed by atoms with Gasteiger partial charge < -0.3 is 10.1 Å². The normalized spacial score (nSPS) is 11.4. The van der Waals surface area contributed by atoms with Crippen LogP contribution in [0.5, 0.6) is 5.75 Å². The van der Waals surface area contributed by atoms with Crippen molar-refractivity contribution in [3.63, 3.8) is 0 Å². The van der Waals surface area contributed by atoms with Crippen molar-refractivity contribution in [2.45, 2.75) is 39.7 Å².